The van der Waals surface area contributed by atoms with Gasteiger partial charge in [-0.1, -0.05) is 42.5 Å². The zero-order valence-corrected chi connectivity index (χ0v) is 13.8. The lowest BCUT2D eigenvalue weighted by molar-refractivity contribution is -0.137. The van der Waals surface area contributed by atoms with E-state index < -0.39 is 18.3 Å². The first-order chi connectivity index (χ1) is 12.5. The van der Waals surface area contributed by atoms with E-state index in [1.165, 1.54) is 0 Å². The first kappa shape index (κ1) is 18.0. The van der Waals surface area contributed by atoms with Crippen molar-refractivity contribution in [2.24, 2.45) is 0 Å². The molecule has 0 aliphatic heterocycles. The van der Waals surface area contributed by atoms with Crippen molar-refractivity contribution in [3.63, 3.8) is 0 Å². The molecule has 0 saturated heterocycles. The molecular weight excluding hydrogens is 341 g/mol. The van der Waals surface area contributed by atoms with Gasteiger partial charge in [-0.25, -0.2) is 0 Å². The van der Waals surface area contributed by atoms with E-state index in [1.807, 2.05) is 30.3 Å². The third-order valence-corrected chi connectivity index (χ3v) is 3.92. The fraction of sp³-hybridized carbons (Fsp3) is 0.143. The van der Waals surface area contributed by atoms with Gasteiger partial charge in [-0.3, -0.25) is 0 Å². The Morgan fingerprint density at radius 1 is 0.769 bits per heavy atom. The summed E-state index contributed by atoms with van der Waals surface area (Å²) in [7, 11) is 0. The van der Waals surface area contributed by atoms with Gasteiger partial charge in [0.25, 0.3) is 0 Å². The van der Waals surface area contributed by atoms with Crippen LogP contribution in [0.1, 0.15) is 16.7 Å². The third kappa shape index (κ3) is 4.43. The zero-order valence-electron chi connectivity index (χ0n) is 13.8. The highest BCUT2D eigenvalue weighted by Crippen LogP contribution is 2.34. The summed E-state index contributed by atoms with van der Waals surface area (Å²) in [5.74, 6) is 0.564. The lowest BCUT2D eigenvalue weighted by Crippen LogP contribution is -2.06. The number of rotatable bonds is 5. The highest BCUT2D eigenvalue weighted by Gasteiger charge is 2.31. The van der Waals surface area contributed by atoms with Crippen LogP contribution in [0, 0.1) is 0 Å². The largest absolute Gasteiger partial charge is 0.489 e. The molecule has 3 aromatic carbocycles. The number of aliphatic hydroxyl groups excluding tert-OH is 1. The van der Waals surface area contributed by atoms with Crippen molar-refractivity contribution < 1.29 is 23.0 Å². The Bertz CT molecular complexity index is 874. The van der Waals surface area contributed by atoms with Gasteiger partial charge in [0.2, 0.25) is 0 Å². The van der Waals surface area contributed by atoms with E-state index in [0.29, 0.717) is 23.5 Å². The highest BCUT2D eigenvalue weighted by atomic mass is 19.4. The number of aliphatic hydroxyl groups is 1. The maximum atomic E-state index is 13.1. The first-order valence-electron chi connectivity index (χ1n) is 8.05. The molecule has 134 valence electrons. The Balaban J connectivity index is 1.88. The van der Waals surface area contributed by atoms with Gasteiger partial charge in [0.15, 0.2) is 0 Å². The Labute approximate surface area is 149 Å². The molecule has 0 aromatic heterocycles. The number of hydrogen-bond donors (Lipinski definition) is 1. The van der Waals surface area contributed by atoms with E-state index in [1.54, 1.807) is 30.3 Å². The molecule has 3 aromatic rings. The SMILES string of the molecule is OCc1cc(-c2cccc(OCc3ccccc3)c2)cc(C(F)(F)F)c1. The summed E-state index contributed by atoms with van der Waals surface area (Å²) < 4.78 is 45.0. The standard InChI is InChI=1S/C21H17F3O2/c22-21(23,24)19-10-16(13-25)9-18(11-19)17-7-4-8-20(12-17)26-14-15-5-2-1-3-6-15/h1-12,25H,13-14H2. The van der Waals surface area contributed by atoms with E-state index in [2.05, 4.69) is 0 Å². The van der Waals surface area contributed by atoms with Gasteiger partial charge in [0.05, 0.1) is 12.2 Å². The van der Waals surface area contributed by atoms with Crippen LogP contribution in [-0.4, -0.2) is 5.11 Å². The molecule has 0 spiro atoms. The Morgan fingerprint density at radius 3 is 2.23 bits per heavy atom. The van der Waals surface area contributed by atoms with Crippen LogP contribution in [0.25, 0.3) is 11.1 Å². The molecule has 3 rings (SSSR count). The fourth-order valence-electron chi connectivity index (χ4n) is 2.62. The number of ether oxygens (including phenoxy) is 1. The zero-order chi connectivity index (χ0) is 18.6. The molecule has 0 fully saturated rings. The van der Waals surface area contributed by atoms with Crippen molar-refractivity contribution in [1.29, 1.82) is 0 Å². The topological polar surface area (TPSA) is 29.5 Å². The minimum Gasteiger partial charge on any atom is -0.489 e. The summed E-state index contributed by atoms with van der Waals surface area (Å²) in [5.41, 5.74) is 1.41. The molecule has 1 N–H and O–H groups in total. The van der Waals surface area contributed by atoms with Crippen molar-refractivity contribution in [3.05, 3.63) is 89.5 Å². The number of hydrogen-bond acceptors (Lipinski definition) is 2. The molecule has 0 amide bonds. The molecule has 5 heteroatoms. The summed E-state index contributed by atoms with van der Waals surface area (Å²) in [4.78, 5) is 0. The van der Waals surface area contributed by atoms with Gasteiger partial charge >= 0.3 is 6.18 Å². The maximum absolute atomic E-state index is 13.1. The van der Waals surface area contributed by atoms with Crippen LogP contribution >= 0.6 is 0 Å². The van der Waals surface area contributed by atoms with E-state index in [-0.39, 0.29) is 5.56 Å². The summed E-state index contributed by atoms with van der Waals surface area (Å²) in [6.45, 7) is -0.0874. The molecule has 0 radical (unpaired) electrons. The van der Waals surface area contributed by atoms with Crippen LogP contribution in [0.2, 0.25) is 0 Å². The Kier molecular flexibility index (Phi) is 5.28. The fourth-order valence-corrected chi connectivity index (χ4v) is 2.62. The Hall–Kier alpha value is -2.79. The van der Waals surface area contributed by atoms with E-state index in [4.69, 9.17) is 4.74 Å². The van der Waals surface area contributed by atoms with Gasteiger partial charge in [0.1, 0.15) is 12.4 Å². The molecule has 0 atom stereocenters. The van der Waals surface area contributed by atoms with Crippen molar-refractivity contribution >= 4 is 0 Å². The lowest BCUT2D eigenvalue weighted by atomic mass is 9.99. The van der Waals surface area contributed by atoms with Gasteiger partial charge in [-0.15, -0.1) is 0 Å². The van der Waals surface area contributed by atoms with Crippen LogP contribution in [-0.2, 0) is 19.4 Å². The highest BCUT2D eigenvalue weighted by molar-refractivity contribution is 5.67. The predicted molar refractivity (Wildman–Crippen MR) is 93.6 cm³/mol. The van der Waals surface area contributed by atoms with Crippen molar-refractivity contribution in [2.75, 3.05) is 0 Å². The van der Waals surface area contributed by atoms with Gasteiger partial charge in [0, 0.05) is 0 Å². The predicted octanol–water partition coefficient (Wildman–Crippen LogP) is 5.44. The summed E-state index contributed by atoms with van der Waals surface area (Å²) >= 11 is 0. The van der Waals surface area contributed by atoms with Crippen molar-refractivity contribution in [1.82, 2.24) is 0 Å². The second-order valence-corrected chi connectivity index (χ2v) is 5.88. The average molecular weight is 358 g/mol. The van der Waals surface area contributed by atoms with Crippen LogP contribution in [0.3, 0.4) is 0 Å². The quantitative estimate of drug-likeness (QED) is 0.658. The number of halogens is 3. The molecule has 0 saturated carbocycles. The second kappa shape index (κ2) is 7.62. The maximum Gasteiger partial charge on any atom is 0.416 e. The van der Waals surface area contributed by atoms with E-state index in [0.717, 1.165) is 17.7 Å². The average Bonchev–Trinajstić information content (AvgIpc) is 2.66. The lowest BCUT2D eigenvalue weighted by Gasteiger charge is -2.13. The minimum absolute atomic E-state index is 0.213. The van der Waals surface area contributed by atoms with Gasteiger partial charge in [-0.05, 0) is 52.6 Å². The van der Waals surface area contributed by atoms with Crippen LogP contribution in [0.15, 0.2) is 72.8 Å². The van der Waals surface area contributed by atoms with Crippen LogP contribution in [0.5, 0.6) is 5.75 Å². The van der Waals surface area contributed by atoms with Gasteiger partial charge < -0.3 is 9.84 Å². The normalized spacial score (nSPS) is 11.4. The van der Waals surface area contributed by atoms with E-state index >= 15 is 0 Å². The number of benzene rings is 3. The van der Waals surface area contributed by atoms with Gasteiger partial charge in [-0.2, -0.15) is 13.2 Å². The van der Waals surface area contributed by atoms with Crippen molar-refractivity contribution in [3.8, 4) is 16.9 Å². The third-order valence-electron chi connectivity index (χ3n) is 3.92. The van der Waals surface area contributed by atoms with Crippen LogP contribution < -0.4 is 4.74 Å². The summed E-state index contributed by atoms with van der Waals surface area (Å²) in [5, 5.41) is 9.27. The minimum atomic E-state index is -4.47. The molecule has 0 unspecified atom stereocenters. The molecule has 0 bridgehead atoms. The summed E-state index contributed by atoms with van der Waals surface area (Å²) in [6, 6.07) is 20.1. The smallest absolute Gasteiger partial charge is 0.416 e. The number of alkyl halides is 3. The molecule has 0 heterocycles. The molecular formula is C21H17F3O2. The molecule has 2 nitrogen and oxygen atoms in total. The molecule has 0 aliphatic rings. The summed E-state index contributed by atoms with van der Waals surface area (Å²) in [6.07, 6.45) is -4.47. The van der Waals surface area contributed by atoms with Crippen molar-refractivity contribution in [2.45, 2.75) is 19.4 Å². The monoisotopic (exact) mass is 358 g/mol. The van der Waals surface area contributed by atoms with Crippen LogP contribution in [0.4, 0.5) is 13.2 Å². The second-order valence-electron chi connectivity index (χ2n) is 5.88. The molecule has 26 heavy (non-hydrogen) atoms. The first-order valence-corrected chi connectivity index (χ1v) is 8.05. The van der Waals surface area contributed by atoms with E-state index in [9.17, 15) is 18.3 Å². The molecule has 0 aliphatic carbocycles. The Morgan fingerprint density at radius 2 is 1.54 bits per heavy atom.